The van der Waals surface area contributed by atoms with E-state index in [4.69, 9.17) is 5.73 Å². The highest BCUT2D eigenvalue weighted by Crippen LogP contribution is 1.95. The predicted molar refractivity (Wildman–Crippen MR) is 62.7 cm³/mol. The van der Waals surface area contributed by atoms with Crippen LogP contribution < -0.4 is 11.1 Å². The fourth-order valence-electron chi connectivity index (χ4n) is 1.17. The summed E-state index contributed by atoms with van der Waals surface area (Å²) < 4.78 is 21.8. The fraction of sp³-hybridized carbons (Fsp3) is 0.556. The number of aromatic nitrogens is 2. The molecule has 0 aliphatic heterocycles. The second-order valence-corrected chi connectivity index (χ2v) is 6.04. The van der Waals surface area contributed by atoms with Gasteiger partial charge in [0.1, 0.15) is 15.7 Å². The van der Waals surface area contributed by atoms with E-state index in [1.165, 1.54) is 0 Å². The van der Waals surface area contributed by atoms with Crippen LogP contribution in [0.4, 0.5) is 0 Å². The number of hydrogen-bond acceptors (Lipinski definition) is 5. The Morgan fingerprint density at radius 3 is 2.88 bits per heavy atom. The van der Waals surface area contributed by atoms with E-state index in [1.54, 1.807) is 12.4 Å². The maximum absolute atomic E-state index is 11.5. The van der Waals surface area contributed by atoms with Gasteiger partial charge in [-0.25, -0.2) is 13.4 Å². The molecule has 0 aliphatic rings. The van der Waals surface area contributed by atoms with Gasteiger partial charge in [-0.3, -0.25) is 4.79 Å². The van der Waals surface area contributed by atoms with E-state index in [1.807, 2.05) is 0 Å². The molecule has 0 saturated carbocycles. The van der Waals surface area contributed by atoms with Crippen molar-refractivity contribution in [2.45, 2.75) is 19.0 Å². The van der Waals surface area contributed by atoms with Crippen LogP contribution in [0.25, 0.3) is 0 Å². The number of carbonyl (C=O) groups excluding carboxylic acids is 1. The highest BCUT2D eigenvalue weighted by molar-refractivity contribution is 7.90. The Balaban J connectivity index is 2.32. The minimum atomic E-state index is -3.09. The molecule has 1 aromatic heterocycles. The second kappa shape index (κ2) is 5.78. The van der Waals surface area contributed by atoms with E-state index in [9.17, 15) is 13.2 Å². The van der Waals surface area contributed by atoms with Crippen LogP contribution in [-0.2, 0) is 21.2 Å². The second-order valence-electron chi connectivity index (χ2n) is 3.78. The molecule has 0 bridgehead atoms. The zero-order chi connectivity index (χ0) is 12.9. The van der Waals surface area contributed by atoms with Gasteiger partial charge in [0.15, 0.2) is 0 Å². The number of nitrogens with one attached hydrogen (secondary N) is 2. The van der Waals surface area contributed by atoms with Crippen molar-refractivity contribution in [3.05, 3.63) is 18.2 Å². The Kier molecular flexibility index (Phi) is 4.64. The number of aromatic amines is 1. The zero-order valence-electron chi connectivity index (χ0n) is 9.51. The van der Waals surface area contributed by atoms with Gasteiger partial charge >= 0.3 is 0 Å². The molecule has 0 aromatic carbocycles. The molecule has 1 atom stereocenters. The summed E-state index contributed by atoms with van der Waals surface area (Å²) in [7, 11) is -3.09. The normalized spacial score (nSPS) is 13.3. The smallest absolute Gasteiger partial charge is 0.237 e. The van der Waals surface area contributed by atoms with Gasteiger partial charge in [-0.1, -0.05) is 0 Å². The first-order valence-corrected chi connectivity index (χ1v) is 7.14. The summed E-state index contributed by atoms with van der Waals surface area (Å²) in [6.45, 7) is 0.248. The molecule has 0 spiro atoms. The van der Waals surface area contributed by atoms with Gasteiger partial charge in [-0.15, -0.1) is 0 Å². The van der Waals surface area contributed by atoms with E-state index >= 15 is 0 Å². The van der Waals surface area contributed by atoms with Crippen molar-refractivity contribution in [3.63, 3.8) is 0 Å². The SMILES string of the molecule is CS(=O)(=O)CCC(N)C(=O)NCc1ncc[nH]1. The summed E-state index contributed by atoms with van der Waals surface area (Å²) in [6.07, 6.45) is 4.44. The van der Waals surface area contributed by atoms with E-state index < -0.39 is 15.9 Å². The lowest BCUT2D eigenvalue weighted by Crippen LogP contribution is -2.41. The topological polar surface area (TPSA) is 118 Å². The highest BCUT2D eigenvalue weighted by Gasteiger charge is 2.15. The Morgan fingerprint density at radius 1 is 1.65 bits per heavy atom. The summed E-state index contributed by atoms with van der Waals surface area (Å²) >= 11 is 0. The molecule has 1 heterocycles. The third kappa shape index (κ3) is 5.45. The summed E-state index contributed by atoms with van der Waals surface area (Å²) in [4.78, 5) is 18.2. The summed E-state index contributed by atoms with van der Waals surface area (Å²) in [5.74, 6) is 0.140. The number of H-pyrrole nitrogens is 1. The number of amides is 1. The van der Waals surface area contributed by atoms with Crippen LogP contribution >= 0.6 is 0 Å². The van der Waals surface area contributed by atoms with Crippen molar-refractivity contribution in [2.75, 3.05) is 12.0 Å². The molecule has 96 valence electrons. The molecule has 0 radical (unpaired) electrons. The Bertz CT molecular complexity index is 455. The third-order valence-electron chi connectivity index (χ3n) is 2.12. The molecule has 1 rings (SSSR count). The number of rotatable bonds is 6. The Hall–Kier alpha value is -1.41. The van der Waals surface area contributed by atoms with Crippen LogP contribution in [0, 0.1) is 0 Å². The first-order valence-electron chi connectivity index (χ1n) is 5.08. The molecular formula is C9H16N4O3S. The number of nitrogens with two attached hydrogens (primary N) is 1. The van der Waals surface area contributed by atoms with Gasteiger partial charge in [0.2, 0.25) is 5.91 Å². The molecule has 0 fully saturated rings. The minimum absolute atomic E-state index is 0.0949. The summed E-state index contributed by atoms with van der Waals surface area (Å²) in [5.41, 5.74) is 5.56. The molecule has 1 unspecified atom stereocenters. The number of carbonyl (C=O) groups is 1. The van der Waals surface area contributed by atoms with Crippen molar-refractivity contribution in [1.29, 1.82) is 0 Å². The molecule has 0 saturated heterocycles. The van der Waals surface area contributed by atoms with Gasteiger partial charge in [-0.05, 0) is 6.42 Å². The number of sulfone groups is 1. The third-order valence-corrected chi connectivity index (χ3v) is 3.10. The molecular weight excluding hydrogens is 244 g/mol. The molecule has 0 aliphatic carbocycles. The maximum atomic E-state index is 11.5. The minimum Gasteiger partial charge on any atom is -0.348 e. The van der Waals surface area contributed by atoms with Crippen LogP contribution in [-0.4, -0.2) is 42.3 Å². The van der Waals surface area contributed by atoms with Gasteiger partial charge < -0.3 is 16.0 Å². The van der Waals surface area contributed by atoms with Gasteiger partial charge in [0.05, 0.1) is 18.3 Å². The lowest BCUT2D eigenvalue weighted by molar-refractivity contribution is -0.122. The molecule has 7 nitrogen and oxygen atoms in total. The quantitative estimate of drug-likeness (QED) is 0.593. The van der Waals surface area contributed by atoms with Gasteiger partial charge in [-0.2, -0.15) is 0 Å². The van der Waals surface area contributed by atoms with Gasteiger partial charge in [0, 0.05) is 18.6 Å². The number of imidazole rings is 1. The van der Waals surface area contributed by atoms with E-state index in [2.05, 4.69) is 15.3 Å². The first-order chi connectivity index (χ1) is 7.88. The number of nitrogens with zero attached hydrogens (tertiary/aromatic N) is 1. The first kappa shape index (κ1) is 13.7. The van der Waals surface area contributed by atoms with Crippen molar-refractivity contribution in [2.24, 2.45) is 5.73 Å². The summed E-state index contributed by atoms with van der Waals surface area (Å²) in [6, 6.07) is -0.820. The highest BCUT2D eigenvalue weighted by atomic mass is 32.2. The van der Waals surface area contributed by atoms with E-state index in [-0.39, 0.29) is 24.6 Å². The Morgan fingerprint density at radius 2 is 2.35 bits per heavy atom. The monoisotopic (exact) mass is 260 g/mol. The van der Waals surface area contributed by atoms with Crippen molar-refractivity contribution < 1.29 is 13.2 Å². The van der Waals surface area contributed by atoms with Crippen molar-refractivity contribution in [3.8, 4) is 0 Å². The molecule has 17 heavy (non-hydrogen) atoms. The maximum Gasteiger partial charge on any atom is 0.237 e. The standard InChI is InChI=1S/C9H16N4O3S/c1-17(15,16)5-2-7(10)9(14)13-6-8-11-3-4-12-8/h3-4,7H,2,5-6,10H2,1H3,(H,11,12)(H,13,14). The average molecular weight is 260 g/mol. The fourth-order valence-corrected chi connectivity index (χ4v) is 1.85. The van der Waals surface area contributed by atoms with Crippen molar-refractivity contribution in [1.82, 2.24) is 15.3 Å². The lowest BCUT2D eigenvalue weighted by atomic mass is 10.2. The van der Waals surface area contributed by atoms with Crippen LogP contribution in [0.2, 0.25) is 0 Å². The Labute approximate surface area is 99.7 Å². The zero-order valence-corrected chi connectivity index (χ0v) is 10.3. The molecule has 4 N–H and O–H groups in total. The predicted octanol–water partition coefficient (Wildman–Crippen LogP) is -1.21. The lowest BCUT2D eigenvalue weighted by Gasteiger charge is -2.10. The summed E-state index contributed by atoms with van der Waals surface area (Å²) in [5, 5.41) is 2.57. The van der Waals surface area contributed by atoms with Gasteiger partial charge in [0.25, 0.3) is 0 Å². The van der Waals surface area contributed by atoms with Crippen LogP contribution in [0.1, 0.15) is 12.2 Å². The van der Waals surface area contributed by atoms with Crippen molar-refractivity contribution >= 4 is 15.7 Å². The van der Waals surface area contributed by atoms with Crippen LogP contribution in [0.5, 0.6) is 0 Å². The molecule has 8 heteroatoms. The van der Waals surface area contributed by atoms with E-state index in [0.29, 0.717) is 5.82 Å². The van der Waals surface area contributed by atoms with Crippen LogP contribution in [0.3, 0.4) is 0 Å². The van der Waals surface area contributed by atoms with E-state index in [0.717, 1.165) is 6.26 Å². The van der Waals surface area contributed by atoms with Crippen LogP contribution in [0.15, 0.2) is 12.4 Å². The number of hydrogen-bond donors (Lipinski definition) is 3. The molecule has 1 amide bonds. The average Bonchev–Trinajstić information content (AvgIpc) is 2.74. The largest absolute Gasteiger partial charge is 0.348 e. The molecule has 1 aromatic rings.